The molecule has 7 nitrogen and oxygen atoms in total. The fourth-order valence-electron chi connectivity index (χ4n) is 8.10. The zero-order valence-electron chi connectivity index (χ0n) is 26.9. The second kappa shape index (κ2) is 12.7. The van der Waals surface area contributed by atoms with Gasteiger partial charge in [0.2, 0.25) is 0 Å². The van der Waals surface area contributed by atoms with Crippen molar-refractivity contribution in [2.45, 2.75) is 98.0 Å². The molecular weight excluding hydrogens is 556 g/mol. The normalized spacial score (nSPS) is 25.1. The van der Waals surface area contributed by atoms with Crippen molar-refractivity contribution in [2.24, 2.45) is 17.3 Å². The van der Waals surface area contributed by atoms with Gasteiger partial charge in [-0.1, -0.05) is 31.6 Å². The average molecular weight is 603 g/mol. The summed E-state index contributed by atoms with van der Waals surface area (Å²) in [5, 5.41) is 20.0. The second-order valence-corrected chi connectivity index (χ2v) is 13.2. The summed E-state index contributed by atoms with van der Waals surface area (Å²) >= 11 is 0. The molecule has 0 aliphatic heterocycles. The molecule has 236 valence electrons. The van der Waals surface area contributed by atoms with Gasteiger partial charge in [0.05, 0.1) is 7.11 Å². The first-order chi connectivity index (χ1) is 21.0. The largest absolute Gasteiger partial charge is 0.508 e. The van der Waals surface area contributed by atoms with Gasteiger partial charge < -0.3 is 24.1 Å². The van der Waals surface area contributed by atoms with Crippen LogP contribution >= 0.6 is 0 Å². The summed E-state index contributed by atoms with van der Waals surface area (Å²) in [7, 11) is 1.53. The third kappa shape index (κ3) is 5.98. The molecule has 3 aromatic rings. The molecule has 1 aromatic heterocycles. The minimum absolute atomic E-state index is 0.0477. The van der Waals surface area contributed by atoms with Crippen LogP contribution in [0.15, 0.2) is 51.2 Å². The lowest BCUT2D eigenvalue weighted by Gasteiger charge is -2.50. The molecule has 6 rings (SSSR count). The van der Waals surface area contributed by atoms with Crippen molar-refractivity contribution in [3.63, 3.8) is 0 Å². The van der Waals surface area contributed by atoms with Gasteiger partial charge in [0.25, 0.3) is 0 Å². The third-order valence-corrected chi connectivity index (χ3v) is 10.3. The van der Waals surface area contributed by atoms with Gasteiger partial charge in [0, 0.05) is 29.5 Å². The van der Waals surface area contributed by atoms with E-state index in [0.29, 0.717) is 53.4 Å². The topological polar surface area (TPSA) is 106 Å². The summed E-state index contributed by atoms with van der Waals surface area (Å²) in [5.41, 5.74) is 5.02. The highest BCUT2D eigenvalue weighted by Crippen LogP contribution is 2.61. The van der Waals surface area contributed by atoms with E-state index in [-0.39, 0.29) is 34.1 Å². The summed E-state index contributed by atoms with van der Waals surface area (Å²) in [5.74, 6) is 3.22. The molecule has 2 aromatic carbocycles. The van der Waals surface area contributed by atoms with Crippen molar-refractivity contribution in [1.82, 2.24) is 0 Å². The zero-order valence-corrected chi connectivity index (χ0v) is 26.9. The number of phenols is 2. The van der Waals surface area contributed by atoms with Crippen molar-refractivity contribution in [3.05, 3.63) is 74.7 Å². The summed E-state index contributed by atoms with van der Waals surface area (Å²) in [6.45, 7) is 9.94. The first kappa shape index (κ1) is 31.7. The van der Waals surface area contributed by atoms with Crippen LogP contribution in [0.1, 0.15) is 94.6 Å². The Bertz CT molecular complexity index is 1630. The molecule has 2 saturated carbocycles. The number of ether oxygens (including phenoxy) is 2. The number of esters is 1. The van der Waals surface area contributed by atoms with Crippen molar-refractivity contribution >= 4 is 16.9 Å². The standard InChI is InChI=1S/C21H28O3.C16H18O4/c1-3-20(23)24-19-9-8-18-17-6-4-13-12-14(22)5-7-15(13)16(17)10-11-21(18,19)2;1-9(2)5-6-11-14(19-4)8-13(18)15-12(17)7-10(3)20-16(11)15/h5,7,12,16-19,22H,3-4,6,8-11H2,1-2H3;5,7-8,18H,6H2,1-4H3. The first-order valence-electron chi connectivity index (χ1n) is 15.9. The number of aromatic hydroxyl groups is 2. The molecule has 0 bridgehead atoms. The van der Waals surface area contributed by atoms with Crippen molar-refractivity contribution in [1.29, 1.82) is 0 Å². The van der Waals surface area contributed by atoms with Crippen LogP contribution in [0.3, 0.4) is 0 Å². The number of benzene rings is 2. The predicted molar refractivity (Wildman–Crippen MR) is 171 cm³/mol. The van der Waals surface area contributed by atoms with E-state index >= 15 is 0 Å². The van der Waals surface area contributed by atoms with E-state index in [1.807, 2.05) is 39.0 Å². The van der Waals surface area contributed by atoms with Crippen LogP contribution < -0.4 is 10.2 Å². The maximum atomic E-state index is 12.0. The molecule has 3 aliphatic carbocycles. The van der Waals surface area contributed by atoms with Crippen LogP contribution in [0.5, 0.6) is 17.2 Å². The minimum atomic E-state index is -0.248. The molecule has 44 heavy (non-hydrogen) atoms. The fraction of sp³-hybridized carbons (Fsp3) is 0.514. The molecule has 0 saturated heterocycles. The Labute approximate surface area is 259 Å². The summed E-state index contributed by atoms with van der Waals surface area (Å²) < 4.78 is 16.8. The van der Waals surface area contributed by atoms with E-state index in [9.17, 15) is 19.8 Å². The van der Waals surface area contributed by atoms with Crippen LogP contribution in [-0.2, 0) is 22.4 Å². The van der Waals surface area contributed by atoms with Crippen molar-refractivity contribution < 1.29 is 28.9 Å². The number of phenolic OH excluding ortho intramolecular Hbond substituents is 2. The molecule has 3 aliphatic rings. The minimum Gasteiger partial charge on any atom is -0.508 e. The lowest BCUT2D eigenvalue weighted by atomic mass is 9.55. The fourth-order valence-corrected chi connectivity index (χ4v) is 8.10. The molecule has 0 spiro atoms. The van der Waals surface area contributed by atoms with Crippen LogP contribution in [-0.4, -0.2) is 29.4 Å². The maximum Gasteiger partial charge on any atom is 0.305 e. The highest BCUT2D eigenvalue weighted by molar-refractivity contribution is 5.88. The summed E-state index contributed by atoms with van der Waals surface area (Å²) in [6.07, 6.45) is 9.98. The highest BCUT2D eigenvalue weighted by atomic mass is 16.5. The number of carbonyl (C=O) groups is 1. The Morgan fingerprint density at radius 3 is 2.59 bits per heavy atom. The SMILES string of the molecule is CCC(=O)OC1CCC2C3CCc4cc(O)ccc4C3CCC12C.COc1cc(O)c2c(=O)cc(C)oc2c1CC=C(C)C. The van der Waals surface area contributed by atoms with Gasteiger partial charge in [-0.25, -0.2) is 0 Å². The highest BCUT2D eigenvalue weighted by Gasteiger charge is 2.56. The summed E-state index contributed by atoms with van der Waals surface area (Å²) in [6, 6.07) is 8.78. The molecule has 2 fully saturated rings. The van der Waals surface area contributed by atoms with E-state index in [1.54, 1.807) is 6.92 Å². The molecule has 7 heteroatoms. The van der Waals surface area contributed by atoms with Gasteiger partial charge in [-0.3, -0.25) is 9.59 Å². The number of carbonyl (C=O) groups excluding carboxylic acids is 1. The number of hydrogen-bond acceptors (Lipinski definition) is 7. The van der Waals surface area contributed by atoms with Gasteiger partial charge in [-0.2, -0.15) is 0 Å². The van der Waals surface area contributed by atoms with E-state index in [0.717, 1.165) is 30.4 Å². The van der Waals surface area contributed by atoms with Crippen molar-refractivity contribution in [3.8, 4) is 17.2 Å². The zero-order chi connectivity index (χ0) is 31.8. The van der Waals surface area contributed by atoms with Crippen LogP contribution in [0.2, 0.25) is 0 Å². The molecule has 2 N–H and O–H groups in total. The Morgan fingerprint density at radius 2 is 1.89 bits per heavy atom. The molecule has 0 radical (unpaired) electrons. The Morgan fingerprint density at radius 1 is 1.11 bits per heavy atom. The number of rotatable bonds is 5. The first-order valence-corrected chi connectivity index (χ1v) is 15.9. The molecule has 0 amide bonds. The van der Waals surface area contributed by atoms with Crippen LogP contribution in [0, 0.1) is 24.2 Å². The van der Waals surface area contributed by atoms with Crippen LogP contribution in [0.4, 0.5) is 0 Å². The number of allylic oxidation sites excluding steroid dienone is 2. The monoisotopic (exact) mass is 602 g/mol. The number of hydrogen-bond donors (Lipinski definition) is 2. The van der Waals surface area contributed by atoms with Gasteiger partial charge in [0.1, 0.15) is 40.1 Å². The molecule has 1 heterocycles. The number of aryl methyl sites for hydroxylation is 2. The molecule has 5 atom stereocenters. The molecule has 5 unspecified atom stereocenters. The quantitative estimate of drug-likeness (QED) is 0.226. The molecular formula is C37H46O7. The van der Waals surface area contributed by atoms with E-state index < -0.39 is 0 Å². The number of fused-ring (bicyclic) bond motifs is 6. The van der Waals surface area contributed by atoms with Gasteiger partial charge >= 0.3 is 5.97 Å². The van der Waals surface area contributed by atoms with E-state index in [2.05, 4.69) is 13.0 Å². The number of methoxy groups -OCH3 is 1. The van der Waals surface area contributed by atoms with Gasteiger partial charge in [-0.05, 0) is 107 Å². The van der Waals surface area contributed by atoms with Crippen molar-refractivity contribution in [2.75, 3.05) is 7.11 Å². The lowest BCUT2D eigenvalue weighted by Crippen LogP contribution is -2.45. The Balaban J connectivity index is 0.000000178. The Kier molecular flexibility index (Phi) is 9.15. The summed E-state index contributed by atoms with van der Waals surface area (Å²) in [4.78, 5) is 23.9. The Hall–Kier alpha value is -3.74. The van der Waals surface area contributed by atoms with Crippen LogP contribution in [0.25, 0.3) is 11.0 Å². The smallest absolute Gasteiger partial charge is 0.305 e. The lowest BCUT2D eigenvalue weighted by molar-refractivity contribution is -0.157. The van der Waals surface area contributed by atoms with Gasteiger partial charge in [-0.15, -0.1) is 0 Å². The average Bonchev–Trinajstić information content (AvgIpc) is 3.31. The second-order valence-electron chi connectivity index (χ2n) is 13.2. The van der Waals surface area contributed by atoms with E-state index in [4.69, 9.17) is 13.9 Å². The van der Waals surface area contributed by atoms with Gasteiger partial charge in [0.15, 0.2) is 5.43 Å². The third-order valence-electron chi connectivity index (χ3n) is 10.3. The van der Waals surface area contributed by atoms with E-state index in [1.165, 1.54) is 49.6 Å². The predicted octanol–water partition coefficient (Wildman–Crippen LogP) is 7.89. The maximum absolute atomic E-state index is 12.0.